The van der Waals surface area contributed by atoms with Crippen LogP contribution < -0.4 is 5.32 Å². The number of hydrogen-bond donors (Lipinski definition) is 1. The molecule has 7 nitrogen and oxygen atoms in total. The van der Waals surface area contributed by atoms with Crippen LogP contribution in [0.4, 0.5) is 5.95 Å². The number of aryl methyl sites for hydroxylation is 1. The van der Waals surface area contributed by atoms with E-state index in [1.54, 1.807) is 6.92 Å². The van der Waals surface area contributed by atoms with Gasteiger partial charge in [0.2, 0.25) is 11.8 Å². The van der Waals surface area contributed by atoms with E-state index < -0.39 is 0 Å². The zero-order valence-corrected chi connectivity index (χ0v) is 9.66. The maximum atomic E-state index is 4.97. The number of benzene rings is 1. The Balaban J connectivity index is 1.78. The third-order valence-corrected chi connectivity index (χ3v) is 2.33. The van der Waals surface area contributed by atoms with E-state index in [2.05, 4.69) is 30.6 Å². The molecule has 90 valence electrons. The van der Waals surface area contributed by atoms with Crippen molar-refractivity contribution < 1.29 is 4.52 Å². The lowest BCUT2D eigenvalue weighted by Crippen LogP contribution is -2.05. The fraction of sp³-hybridized carbons (Fsp3) is 0.182. The summed E-state index contributed by atoms with van der Waals surface area (Å²) in [6.45, 7) is 2.14. The summed E-state index contributed by atoms with van der Waals surface area (Å²) < 4.78 is 4.97. The van der Waals surface area contributed by atoms with Gasteiger partial charge in [0.15, 0.2) is 5.82 Å². The van der Waals surface area contributed by atoms with Gasteiger partial charge in [-0.1, -0.05) is 17.3 Å². The van der Waals surface area contributed by atoms with E-state index >= 15 is 0 Å². The van der Waals surface area contributed by atoms with Crippen LogP contribution in [-0.4, -0.2) is 25.3 Å². The Bertz CT molecular complexity index is 680. The maximum absolute atomic E-state index is 4.97. The summed E-state index contributed by atoms with van der Waals surface area (Å²) in [5.74, 6) is 1.53. The molecule has 0 aliphatic carbocycles. The summed E-state index contributed by atoms with van der Waals surface area (Å²) in [4.78, 5) is 8.39. The monoisotopic (exact) mass is 242 g/mol. The van der Waals surface area contributed by atoms with Gasteiger partial charge in [-0.05, 0) is 19.1 Å². The SMILES string of the molecule is Cc1noc(CNc2nnc3ccccc3n2)n1. The molecule has 0 fully saturated rings. The second-order valence-electron chi connectivity index (χ2n) is 3.71. The molecule has 0 aliphatic heterocycles. The first-order valence-corrected chi connectivity index (χ1v) is 5.44. The van der Waals surface area contributed by atoms with Crippen LogP contribution in [0.3, 0.4) is 0 Å². The molecule has 0 bridgehead atoms. The Hall–Kier alpha value is -2.57. The lowest BCUT2D eigenvalue weighted by Gasteiger charge is -2.01. The molecule has 0 saturated heterocycles. The van der Waals surface area contributed by atoms with Gasteiger partial charge in [-0.2, -0.15) is 4.98 Å². The first-order chi connectivity index (χ1) is 8.81. The Labute approximate surface area is 102 Å². The van der Waals surface area contributed by atoms with Crippen LogP contribution in [0.25, 0.3) is 11.0 Å². The largest absolute Gasteiger partial charge is 0.344 e. The van der Waals surface area contributed by atoms with Gasteiger partial charge in [-0.3, -0.25) is 0 Å². The van der Waals surface area contributed by atoms with Crippen molar-refractivity contribution in [3.63, 3.8) is 0 Å². The topological polar surface area (TPSA) is 89.6 Å². The number of anilines is 1. The third kappa shape index (κ3) is 2.10. The fourth-order valence-electron chi connectivity index (χ4n) is 1.52. The van der Waals surface area contributed by atoms with Crippen LogP contribution in [0.2, 0.25) is 0 Å². The van der Waals surface area contributed by atoms with Crippen molar-refractivity contribution in [3.05, 3.63) is 36.0 Å². The van der Waals surface area contributed by atoms with Crippen LogP contribution >= 0.6 is 0 Å². The highest BCUT2D eigenvalue weighted by molar-refractivity contribution is 5.73. The van der Waals surface area contributed by atoms with Crippen molar-refractivity contribution in [2.75, 3.05) is 5.32 Å². The van der Waals surface area contributed by atoms with Crippen molar-refractivity contribution in [1.82, 2.24) is 25.3 Å². The Kier molecular flexibility index (Phi) is 2.56. The van der Waals surface area contributed by atoms with Crippen molar-refractivity contribution in [2.24, 2.45) is 0 Å². The molecule has 0 radical (unpaired) electrons. The van der Waals surface area contributed by atoms with E-state index in [0.29, 0.717) is 24.2 Å². The summed E-state index contributed by atoms with van der Waals surface area (Å²) in [6, 6.07) is 7.54. The molecule has 0 spiro atoms. The van der Waals surface area contributed by atoms with Crippen molar-refractivity contribution in [2.45, 2.75) is 13.5 Å². The van der Waals surface area contributed by atoms with Gasteiger partial charge in [0.25, 0.3) is 0 Å². The first kappa shape index (κ1) is 10.6. The molecule has 1 aromatic carbocycles. The zero-order chi connectivity index (χ0) is 12.4. The van der Waals surface area contributed by atoms with Gasteiger partial charge in [0.1, 0.15) is 5.52 Å². The number of nitrogens with one attached hydrogen (secondary N) is 1. The molecule has 1 N–H and O–H groups in total. The molecule has 3 rings (SSSR count). The standard InChI is InChI=1S/C11H10N6O/c1-7-13-10(18-17-7)6-12-11-14-8-4-2-3-5-9(8)15-16-11/h2-5H,6H2,1H3,(H,12,14,16). The Morgan fingerprint density at radius 1 is 1.11 bits per heavy atom. The highest BCUT2D eigenvalue weighted by Gasteiger charge is 2.04. The minimum Gasteiger partial charge on any atom is -0.344 e. The number of rotatable bonds is 3. The summed E-state index contributed by atoms with van der Waals surface area (Å²) in [5.41, 5.74) is 1.55. The van der Waals surface area contributed by atoms with E-state index in [4.69, 9.17) is 4.52 Å². The number of hydrogen-bond acceptors (Lipinski definition) is 7. The molecule has 0 unspecified atom stereocenters. The van der Waals surface area contributed by atoms with Gasteiger partial charge in [0.05, 0.1) is 12.1 Å². The molecule has 3 aromatic rings. The molecule has 0 amide bonds. The quantitative estimate of drug-likeness (QED) is 0.740. The lowest BCUT2D eigenvalue weighted by atomic mass is 10.3. The van der Waals surface area contributed by atoms with Crippen LogP contribution in [-0.2, 0) is 6.54 Å². The Morgan fingerprint density at radius 3 is 2.72 bits per heavy atom. The average Bonchev–Trinajstić information content (AvgIpc) is 2.82. The van der Waals surface area contributed by atoms with E-state index in [1.165, 1.54) is 0 Å². The Morgan fingerprint density at radius 2 is 1.94 bits per heavy atom. The van der Waals surface area contributed by atoms with Crippen LogP contribution in [0.1, 0.15) is 11.7 Å². The van der Waals surface area contributed by atoms with E-state index in [-0.39, 0.29) is 0 Å². The summed E-state index contributed by atoms with van der Waals surface area (Å²) in [6.07, 6.45) is 0. The highest BCUT2D eigenvalue weighted by Crippen LogP contribution is 2.09. The minimum absolute atomic E-state index is 0.376. The molecular weight excluding hydrogens is 232 g/mol. The minimum atomic E-state index is 0.376. The zero-order valence-electron chi connectivity index (χ0n) is 9.66. The highest BCUT2D eigenvalue weighted by atomic mass is 16.5. The van der Waals surface area contributed by atoms with Crippen LogP contribution in [0, 0.1) is 6.92 Å². The third-order valence-electron chi connectivity index (χ3n) is 2.33. The molecule has 0 aliphatic rings. The maximum Gasteiger partial charge on any atom is 0.246 e. The van der Waals surface area contributed by atoms with E-state index in [1.807, 2.05) is 24.3 Å². The molecule has 0 atom stereocenters. The van der Waals surface area contributed by atoms with Crippen molar-refractivity contribution in [1.29, 1.82) is 0 Å². The number of aromatic nitrogens is 5. The van der Waals surface area contributed by atoms with Gasteiger partial charge in [-0.15, -0.1) is 10.2 Å². The van der Waals surface area contributed by atoms with Crippen molar-refractivity contribution >= 4 is 17.0 Å². The normalized spacial score (nSPS) is 10.7. The van der Waals surface area contributed by atoms with Crippen LogP contribution in [0.5, 0.6) is 0 Å². The van der Waals surface area contributed by atoms with Crippen LogP contribution in [0.15, 0.2) is 28.8 Å². The second kappa shape index (κ2) is 4.36. The van der Waals surface area contributed by atoms with E-state index in [0.717, 1.165) is 11.0 Å². The van der Waals surface area contributed by atoms with Gasteiger partial charge in [0, 0.05) is 0 Å². The molecule has 2 aromatic heterocycles. The predicted molar refractivity (Wildman–Crippen MR) is 63.7 cm³/mol. The lowest BCUT2D eigenvalue weighted by molar-refractivity contribution is 0.379. The second-order valence-corrected chi connectivity index (χ2v) is 3.71. The number of para-hydroxylation sites is 1. The fourth-order valence-corrected chi connectivity index (χ4v) is 1.52. The summed E-state index contributed by atoms with van der Waals surface area (Å²) >= 11 is 0. The molecule has 0 saturated carbocycles. The molecule has 7 heteroatoms. The summed E-state index contributed by atoms with van der Waals surface area (Å²) in [7, 11) is 0. The van der Waals surface area contributed by atoms with Gasteiger partial charge in [-0.25, -0.2) is 4.98 Å². The van der Waals surface area contributed by atoms with E-state index in [9.17, 15) is 0 Å². The molecule has 2 heterocycles. The van der Waals surface area contributed by atoms with Gasteiger partial charge >= 0.3 is 0 Å². The average molecular weight is 242 g/mol. The predicted octanol–water partition coefficient (Wildman–Crippen LogP) is 1.33. The number of fused-ring (bicyclic) bond motifs is 1. The smallest absolute Gasteiger partial charge is 0.246 e. The number of nitrogens with zero attached hydrogens (tertiary/aromatic N) is 5. The summed E-state index contributed by atoms with van der Waals surface area (Å²) in [5, 5.41) is 14.7. The molecular formula is C11H10N6O. The first-order valence-electron chi connectivity index (χ1n) is 5.44. The molecule has 18 heavy (non-hydrogen) atoms. The van der Waals surface area contributed by atoms with Gasteiger partial charge < -0.3 is 9.84 Å². The van der Waals surface area contributed by atoms with Crippen molar-refractivity contribution in [3.8, 4) is 0 Å².